The van der Waals surface area contributed by atoms with E-state index in [1.165, 1.54) is 0 Å². The van der Waals surface area contributed by atoms with Crippen LogP contribution in [0.15, 0.2) is 0 Å². The summed E-state index contributed by atoms with van der Waals surface area (Å²) in [6.45, 7) is 5.21. The molecule has 84 valence electrons. The highest BCUT2D eigenvalue weighted by Gasteiger charge is 2.43. The highest BCUT2D eigenvalue weighted by atomic mass is 16.5. The third-order valence-electron chi connectivity index (χ3n) is 3.40. The largest absolute Gasteiger partial charge is 0.383 e. The number of nitrogens with two attached hydrogens (primary N) is 1. The number of ether oxygens (including phenoxy) is 2. The molecule has 0 saturated carbocycles. The van der Waals surface area contributed by atoms with E-state index in [4.69, 9.17) is 15.2 Å². The second-order valence-electron chi connectivity index (χ2n) is 3.99. The van der Waals surface area contributed by atoms with Crippen molar-refractivity contribution in [1.82, 2.24) is 4.90 Å². The van der Waals surface area contributed by atoms with Crippen molar-refractivity contribution in [3.8, 4) is 0 Å². The van der Waals surface area contributed by atoms with Gasteiger partial charge in [-0.25, -0.2) is 0 Å². The standard InChI is InChI=1S/C10H22N2O2/c1-9-10(8-11,4-6-14-9)12(2)5-7-13-3/h9H,4-8,11H2,1-3H3. The summed E-state index contributed by atoms with van der Waals surface area (Å²) in [5.74, 6) is 0. The Morgan fingerprint density at radius 3 is 2.79 bits per heavy atom. The first-order valence-corrected chi connectivity index (χ1v) is 5.19. The second kappa shape index (κ2) is 5.07. The lowest BCUT2D eigenvalue weighted by molar-refractivity contribution is 0.0170. The van der Waals surface area contributed by atoms with Crippen LogP contribution in [-0.4, -0.2) is 57.0 Å². The van der Waals surface area contributed by atoms with Crippen molar-refractivity contribution in [2.45, 2.75) is 25.0 Å². The van der Waals surface area contributed by atoms with Crippen LogP contribution in [-0.2, 0) is 9.47 Å². The van der Waals surface area contributed by atoms with E-state index in [9.17, 15) is 0 Å². The van der Waals surface area contributed by atoms with Crippen LogP contribution in [0.1, 0.15) is 13.3 Å². The summed E-state index contributed by atoms with van der Waals surface area (Å²) in [5.41, 5.74) is 5.88. The smallest absolute Gasteiger partial charge is 0.0743 e. The van der Waals surface area contributed by atoms with Crippen LogP contribution in [0.25, 0.3) is 0 Å². The average molecular weight is 202 g/mol. The minimum Gasteiger partial charge on any atom is -0.383 e. The Hall–Kier alpha value is -0.160. The predicted molar refractivity (Wildman–Crippen MR) is 56.3 cm³/mol. The first-order valence-electron chi connectivity index (χ1n) is 5.19. The molecule has 1 rings (SSSR count). The van der Waals surface area contributed by atoms with Crippen molar-refractivity contribution < 1.29 is 9.47 Å². The molecule has 4 heteroatoms. The Bertz CT molecular complexity index is 178. The lowest BCUT2D eigenvalue weighted by Gasteiger charge is -2.40. The van der Waals surface area contributed by atoms with Gasteiger partial charge in [0.05, 0.1) is 18.2 Å². The molecule has 1 fully saturated rings. The quantitative estimate of drug-likeness (QED) is 0.685. The zero-order valence-corrected chi connectivity index (χ0v) is 9.45. The molecule has 2 unspecified atom stereocenters. The Morgan fingerprint density at radius 1 is 1.64 bits per heavy atom. The van der Waals surface area contributed by atoms with Crippen LogP contribution in [0.3, 0.4) is 0 Å². The maximum absolute atomic E-state index is 5.87. The van der Waals surface area contributed by atoms with Gasteiger partial charge in [-0.2, -0.15) is 0 Å². The Morgan fingerprint density at radius 2 is 2.36 bits per heavy atom. The van der Waals surface area contributed by atoms with Gasteiger partial charge in [0.15, 0.2) is 0 Å². The van der Waals surface area contributed by atoms with Gasteiger partial charge in [-0.1, -0.05) is 0 Å². The van der Waals surface area contributed by atoms with Crippen molar-refractivity contribution in [1.29, 1.82) is 0 Å². The summed E-state index contributed by atoms with van der Waals surface area (Å²) in [6.07, 6.45) is 1.24. The number of hydrogen-bond donors (Lipinski definition) is 1. The highest BCUT2D eigenvalue weighted by Crippen LogP contribution is 2.29. The van der Waals surface area contributed by atoms with E-state index in [0.29, 0.717) is 6.54 Å². The average Bonchev–Trinajstić information content (AvgIpc) is 2.57. The van der Waals surface area contributed by atoms with Crippen molar-refractivity contribution in [2.24, 2.45) is 5.73 Å². The van der Waals surface area contributed by atoms with E-state index in [1.54, 1.807) is 7.11 Å². The third-order valence-corrected chi connectivity index (χ3v) is 3.40. The summed E-state index contributed by atoms with van der Waals surface area (Å²) in [6, 6.07) is 0. The van der Waals surface area contributed by atoms with E-state index in [2.05, 4.69) is 18.9 Å². The van der Waals surface area contributed by atoms with E-state index in [0.717, 1.165) is 26.2 Å². The van der Waals surface area contributed by atoms with E-state index in [1.807, 2.05) is 0 Å². The van der Waals surface area contributed by atoms with Gasteiger partial charge in [0.25, 0.3) is 0 Å². The van der Waals surface area contributed by atoms with E-state index < -0.39 is 0 Å². The number of likely N-dealkylation sites (N-methyl/N-ethyl adjacent to an activating group) is 1. The summed E-state index contributed by atoms with van der Waals surface area (Å²) < 4.78 is 10.7. The SMILES string of the molecule is COCCN(C)C1(CN)CCOC1C. The molecule has 0 radical (unpaired) electrons. The molecule has 14 heavy (non-hydrogen) atoms. The summed E-state index contributed by atoms with van der Waals surface area (Å²) >= 11 is 0. The van der Waals surface area contributed by atoms with Crippen molar-refractivity contribution in [3.05, 3.63) is 0 Å². The van der Waals surface area contributed by atoms with Gasteiger partial charge in [0.2, 0.25) is 0 Å². The van der Waals surface area contributed by atoms with Crippen LogP contribution in [0, 0.1) is 0 Å². The van der Waals surface area contributed by atoms with Gasteiger partial charge in [0.1, 0.15) is 0 Å². The number of hydrogen-bond acceptors (Lipinski definition) is 4. The van der Waals surface area contributed by atoms with Gasteiger partial charge in [-0.15, -0.1) is 0 Å². The number of methoxy groups -OCH3 is 1. The molecule has 0 amide bonds. The number of rotatable bonds is 5. The molecule has 0 aromatic rings. The van der Waals surface area contributed by atoms with Gasteiger partial charge < -0.3 is 15.2 Å². The molecule has 0 spiro atoms. The monoisotopic (exact) mass is 202 g/mol. The third kappa shape index (κ3) is 2.08. The van der Waals surface area contributed by atoms with Gasteiger partial charge >= 0.3 is 0 Å². The maximum Gasteiger partial charge on any atom is 0.0743 e. The summed E-state index contributed by atoms with van der Waals surface area (Å²) in [5, 5.41) is 0. The molecule has 1 aliphatic rings. The molecule has 1 aliphatic heterocycles. The minimum atomic E-state index is 0.0124. The Balaban J connectivity index is 2.58. The molecule has 0 bridgehead atoms. The maximum atomic E-state index is 5.87. The lowest BCUT2D eigenvalue weighted by Crippen LogP contribution is -2.57. The van der Waals surface area contributed by atoms with Gasteiger partial charge in [-0.3, -0.25) is 4.90 Å². The normalized spacial score (nSPS) is 32.8. The zero-order chi connectivity index (χ0) is 10.6. The molecule has 0 aliphatic carbocycles. The topological polar surface area (TPSA) is 47.7 Å². The van der Waals surface area contributed by atoms with Crippen LogP contribution in [0.4, 0.5) is 0 Å². The first-order chi connectivity index (χ1) is 6.67. The summed E-state index contributed by atoms with van der Waals surface area (Å²) in [7, 11) is 3.81. The highest BCUT2D eigenvalue weighted by molar-refractivity contribution is 4.99. The Kier molecular flexibility index (Phi) is 4.31. The fourth-order valence-electron chi connectivity index (χ4n) is 2.15. The molecule has 1 saturated heterocycles. The van der Waals surface area contributed by atoms with Crippen LogP contribution >= 0.6 is 0 Å². The Labute approximate surface area is 86.3 Å². The van der Waals surface area contributed by atoms with Crippen LogP contribution in [0.5, 0.6) is 0 Å². The molecule has 4 nitrogen and oxygen atoms in total. The van der Waals surface area contributed by atoms with Crippen LogP contribution < -0.4 is 5.73 Å². The van der Waals surface area contributed by atoms with Crippen molar-refractivity contribution in [2.75, 3.05) is 40.5 Å². The minimum absolute atomic E-state index is 0.0124. The van der Waals surface area contributed by atoms with Crippen molar-refractivity contribution in [3.63, 3.8) is 0 Å². The molecule has 2 N–H and O–H groups in total. The van der Waals surface area contributed by atoms with Gasteiger partial charge in [-0.05, 0) is 20.4 Å². The van der Waals surface area contributed by atoms with Gasteiger partial charge in [0, 0.05) is 26.8 Å². The molecular formula is C10H22N2O2. The number of nitrogens with zero attached hydrogens (tertiary/aromatic N) is 1. The van der Waals surface area contributed by atoms with Crippen LogP contribution in [0.2, 0.25) is 0 Å². The van der Waals surface area contributed by atoms with Crippen molar-refractivity contribution >= 4 is 0 Å². The molecular weight excluding hydrogens is 180 g/mol. The van der Waals surface area contributed by atoms with E-state index in [-0.39, 0.29) is 11.6 Å². The molecule has 0 aromatic carbocycles. The molecule has 1 heterocycles. The first kappa shape index (κ1) is 11.9. The van der Waals surface area contributed by atoms with E-state index >= 15 is 0 Å². The fourth-order valence-corrected chi connectivity index (χ4v) is 2.15. The molecule has 2 atom stereocenters. The predicted octanol–water partition coefficient (Wildman–Crippen LogP) is 0.0709. The zero-order valence-electron chi connectivity index (χ0n) is 9.45. The fraction of sp³-hybridized carbons (Fsp3) is 1.00. The summed E-state index contributed by atoms with van der Waals surface area (Å²) in [4.78, 5) is 2.27. The lowest BCUT2D eigenvalue weighted by atomic mass is 9.90. The second-order valence-corrected chi connectivity index (χ2v) is 3.99. The molecule has 0 aromatic heterocycles.